The summed E-state index contributed by atoms with van der Waals surface area (Å²) >= 11 is 0. The van der Waals surface area contributed by atoms with Gasteiger partial charge in [-0.05, 0) is 49.6 Å². The van der Waals surface area contributed by atoms with Gasteiger partial charge in [0.25, 0.3) is 0 Å². The van der Waals surface area contributed by atoms with Gasteiger partial charge >= 0.3 is 0 Å². The molecule has 2 aliphatic rings. The summed E-state index contributed by atoms with van der Waals surface area (Å²) in [5.41, 5.74) is 1.35. The summed E-state index contributed by atoms with van der Waals surface area (Å²) in [7, 11) is -3.85. The Morgan fingerprint density at radius 3 is 2.63 bits per heavy atom. The lowest BCUT2D eigenvalue weighted by molar-refractivity contribution is -0.136. The lowest BCUT2D eigenvalue weighted by Crippen LogP contribution is -2.57. The minimum atomic E-state index is -3.85. The molecule has 1 amide bonds. The van der Waals surface area contributed by atoms with Crippen LogP contribution in [0.2, 0.25) is 0 Å². The second-order valence-corrected chi connectivity index (χ2v) is 11.0. The first kappa shape index (κ1) is 23.7. The van der Waals surface area contributed by atoms with Gasteiger partial charge in [-0.2, -0.15) is 4.31 Å². The zero-order chi connectivity index (χ0) is 24.4. The average molecular weight is 498 g/mol. The third-order valence-electron chi connectivity index (χ3n) is 6.83. The maximum Gasteiger partial charge on any atom is 0.243 e. The highest BCUT2D eigenvalue weighted by atomic mass is 32.2. The van der Waals surface area contributed by atoms with Gasteiger partial charge in [0.05, 0.1) is 10.4 Å². The second kappa shape index (κ2) is 9.90. The summed E-state index contributed by atoms with van der Waals surface area (Å²) in [5, 5.41) is 8.30. The SMILES string of the molecule is CCCn1nnc2cc(S(=O)(=O)N3CCCCC3C(=O)N3CCN(c4ccccn4)CC3)ccc21. The first-order valence-electron chi connectivity index (χ1n) is 12.3. The largest absolute Gasteiger partial charge is 0.353 e. The van der Waals surface area contributed by atoms with Crippen LogP contribution in [0.3, 0.4) is 0 Å². The van der Waals surface area contributed by atoms with Crippen LogP contribution in [0, 0.1) is 0 Å². The number of pyridine rings is 1. The van der Waals surface area contributed by atoms with Crippen LogP contribution >= 0.6 is 0 Å². The molecule has 1 atom stereocenters. The van der Waals surface area contributed by atoms with E-state index in [4.69, 9.17) is 0 Å². The summed E-state index contributed by atoms with van der Waals surface area (Å²) in [6.45, 7) is 5.56. The molecule has 2 aromatic heterocycles. The highest BCUT2D eigenvalue weighted by molar-refractivity contribution is 7.89. The molecule has 2 saturated heterocycles. The van der Waals surface area contributed by atoms with Crippen molar-refractivity contribution < 1.29 is 13.2 Å². The summed E-state index contributed by atoms with van der Waals surface area (Å²) in [6, 6.07) is 10.1. The van der Waals surface area contributed by atoms with Crippen molar-refractivity contribution in [2.75, 3.05) is 37.6 Å². The number of aromatic nitrogens is 4. The summed E-state index contributed by atoms with van der Waals surface area (Å²) in [5.74, 6) is 0.789. The van der Waals surface area contributed by atoms with Gasteiger partial charge in [0.15, 0.2) is 0 Å². The third kappa shape index (κ3) is 4.62. The predicted octanol–water partition coefficient (Wildman–Crippen LogP) is 2.13. The molecule has 1 unspecified atom stereocenters. The van der Waals surface area contributed by atoms with Crippen molar-refractivity contribution in [2.45, 2.75) is 50.1 Å². The molecule has 3 aromatic rings. The van der Waals surface area contributed by atoms with E-state index in [2.05, 4.69) is 27.1 Å². The molecule has 0 aliphatic carbocycles. The number of rotatable bonds is 6. The molecule has 2 fully saturated rings. The van der Waals surface area contributed by atoms with E-state index in [9.17, 15) is 13.2 Å². The van der Waals surface area contributed by atoms with Crippen LogP contribution in [0.15, 0.2) is 47.5 Å². The van der Waals surface area contributed by atoms with E-state index in [1.807, 2.05) is 18.2 Å². The zero-order valence-corrected chi connectivity index (χ0v) is 20.8. The van der Waals surface area contributed by atoms with Crippen LogP contribution in [0.1, 0.15) is 32.6 Å². The molecule has 10 nitrogen and oxygen atoms in total. The number of piperazine rings is 1. The third-order valence-corrected chi connectivity index (χ3v) is 8.73. The predicted molar refractivity (Wildman–Crippen MR) is 132 cm³/mol. The summed E-state index contributed by atoms with van der Waals surface area (Å²) in [6.07, 6.45) is 4.78. The molecule has 35 heavy (non-hydrogen) atoms. The lowest BCUT2D eigenvalue weighted by Gasteiger charge is -2.40. The quantitative estimate of drug-likeness (QED) is 0.514. The molecule has 0 radical (unpaired) electrons. The van der Waals surface area contributed by atoms with E-state index in [1.165, 1.54) is 4.31 Å². The Hall–Kier alpha value is -3.05. The molecular weight excluding hydrogens is 466 g/mol. The maximum atomic E-state index is 13.7. The van der Waals surface area contributed by atoms with Gasteiger partial charge in [0, 0.05) is 45.5 Å². The number of anilines is 1. The Kier molecular flexibility index (Phi) is 6.70. The minimum Gasteiger partial charge on any atom is -0.353 e. The van der Waals surface area contributed by atoms with Crippen molar-refractivity contribution >= 4 is 32.8 Å². The number of benzene rings is 1. The lowest BCUT2D eigenvalue weighted by atomic mass is 10.0. The van der Waals surface area contributed by atoms with Crippen molar-refractivity contribution in [2.24, 2.45) is 0 Å². The Morgan fingerprint density at radius 2 is 1.89 bits per heavy atom. The van der Waals surface area contributed by atoms with Crippen molar-refractivity contribution in [3.8, 4) is 0 Å². The molecule has 0 bridgehead atoms. The van der Waals surface area contributed by atoms with Crippen LogP contribution in [0.5, 0.6) is 0 Å². The van der Waals surface area contributed by atoms with Gasteiger partial charge in [-0.3, -0.25) is 4.79 Å². The number of amides is 1. The van der Waals surface area contributed by atoms with E-state index in [-0.39, 0.29) is 10.8 Å². The number of aryl methyl sites for hydroxylation is 1. The van der Waals surface area contributed by atoms with Gasteiger partial charge in [-0.1, -0.05) is 24.6 Å². The highest BCUT2D eigenvalue weighted by Gasteiger charge is 2.40. The first-order valence-corrected chi connectivity index (χ1v) is 13.7. The smallest absolute Gasteiger partial charge is 0.243 e. The molecule has 0 saturated carbocycles. The number of fused-ring (bicyclic) bond motifs is 1. The number of piperidine rings is 1. The number of hydrogen-bond donors (Lipinski definition) is 0. The van der Waals surface area contributed by atoms with Crippen LogP contribution in [0.4, 0.5) is 5.82 Å². The van der Waals surface area contributed by atoms with Gasteiger partial charge in [-0.15, -0.1) is 5.10 Å². The molecule has 0 spiro atoms. The van der Waals surface area contributed by atoms with E-state index >= 15 is 0 Å². The van der Waals surface area contributed by atoms with Crippen molar-refractivity contribution in [1.29, 1.82) is 0 Å². The number of hydrogen-bond acceptors (Lipinski definition) is 7. The average Bonchev–Trinajstić information content (AvgIpc) is 3.31. The van der Waals surface area contributed by atoms with Gasteiger partial charge in [0.2, 0.25) is 15.9 Å². The molecule has 5 rings (SSSR count). The molecule has 11 heteroatoms. The number of carbonyl (C=O) groups is 1. The van der Waals surface area contributed by atoms with E-state index < -0.39 is 16.1 Å². The first-order chi connectivity index (χ1) is 17.0. The fourth-order valence-corrected chi connectivity index (χ4v) is 6.64. The standard InChI is InChI=1S/C24H31N7O3S/c1-2-12-30-21-10-9-19(18-20(21)26-27-30)35(33,34)31-13-6-4-7-22(31)24(32)29-16-14-28(15-17-29)23-8-3-5-11-25-23/h3,5,8-11,18,22H,2,4,6-7,12-17H2,1H3. The highest BCUT2D eigenvalue weighted by Crippen LogP contribution is 2.28. The Labute approximate surface area is 205 Å². The maximum absolute atomic E-state index is 13.7. The molecular formula is C24H31N7O3S. The second-order valence-electron chi connectivity index (χ2n) is 9.09. The van der Waals surface area contributed by atoms with E-state index in [1.54, 1.807) is 34.0 Å². The Balaban J connectivity index is 1.33. The monoisotopic (exact) mass is 497 g/mol. The van der Waals surface area contributed by atoms with Crippen molar-refractivity contribution in [3.05, 3.63) is 42.6 Å². The van der Waals surface area contributed by atoms with Crippen molar-refractivity contribution in [1.82, 2.24) is 29.2 Å². The number of nitrogens with zero attached hydrogens (tertiary/aromatic N) is 7. The normalized spacial score (nSPS) is 19.9. The van der Waals surface area contributed by atoms with Gasteiger partial charge in [0.1, 0.15) is 17.4 Å². The Bertz CT molecular complexity index is 1290. The Morgan fingerprint density at radius 1 is 1.06 bits per heavy atom. The number of sulfonamides is 1. The van der Waals surface area contributed by atoms with Crippen LogP contribution < -0.4 is 4.90 Å². The van der Waals surface area contributed by atoms with Crippen LogP contribution in [-0.4, -0.2) is 82.3 Å². The topological polar surface area (TPSA) is 105 Å². The number of carbonyl (C=O) groups excluding carboxylic acids is 1. The molecule has 1 aromatic carbocycles. The minimum absolute atomic E-state index is 0.107. The fourth-order valence-electron chi connectivity index (χ4n) is 4.97. The van der Waals surface area contributed by atoms with Gasteiger partial charge < -0.3 is 9.80 Å². The van der Waals surface area contributed by atoms with Crippen LogP contribution in [-0.2, 0) is 21.4 Å². The van der Waals surface area contributed by atoms with E-state index in [0.29, 0.717) is 44.7 Å². The molecule has 0 N–H and O–H groups in total. The fraction of sp³-hybridized carbons (Fsp3) is 0.500. The zero-order valence-electron chi connectivity index (χ0n) is 20.0. The molecule has 4 heterocycles. The van der Waals surface area contributed by atoms with Crippen molar-refractivity contribution in [3.63, 3.8) is 0 Å². The summed E-state index contributed by atoms with van der Waals surface area (Å²) < 4.78 is 30.5. The molecule has 186 valence electrons. The van der Waals surface area contributed by atoms with E-state index in [0.717, 1.165) is 37.1 Å². The molecule has 2 aliphatic heterocycles. The summed E-state index contributed by atoms with van der Waals surface area (Å²) in [4.78, 5) is 22.0. The van der Waals surface area contributed by atoms with Gasteiger partial charge in [-0.25, -0.2) is 18.1 Å². The van der Waals surface area contributed by atoms with Crippen LogP contribution in [0.25, 0.3) is 11.0 Å².